The molecule has 0 aliphatic heterocycles. The van der Waals surface area contributed by atoms with Gasteiger partial charge < -0.3 is 9.55 Å². The lowest BCUT2D eigenvalue weighted by Crippen LogP contribution is -1.94. The summed E-state index contributed by atoms with van der Waals surface area (Å²) in [6.45, 7) is 1.99. The average Bonchev–Trinajstić information content (AvgIpc) is 3.50. The summed E-state index contributed by atoms with van der Waals surface area (Å²) in [7, 11) is 2.01. The normalized spacial score (nSPS) is 11.6. The molecule has 0 atom stereocenters. The third-order valence-corrected chi connectivity index (χ3v) is 5.98. The van der Waals surface area contributed by atoms with E-state index in [0.717, 1.165) is 61.5 Å². The zero-order valence-electron chi connectivity index (χ0n) is 17.5. The van der Waals surface area contributed by atoms with E-state index >= 15 is 0 Å². The third-order valence-electron chi connectivity index (χ3n) is 5.98. The Balaban J connectivity index is 1.52. The molecule has 6 rings (SSSR count). The average molecular weight is 422 g/mol. The van der Waals surface area contributed by atoms with Crippen molar-refractivity contribution in [1.29, 1.82) is 0 Å². The number of rotatable bonds is 3. The van der Waals surface area contributed by atoms with Gasteiger partial charge in [-0.25, -0.2) is 9.37 Å². The van der Waals surface area contributed by atoms with Crippen molar-refractivity contribution in [3.05, 3.63) is 78.6 Å². The van der Waals surface area contributed by atoms with Crippen molar-refractivity contribution in [1.82, 2.24) is 29.7 Å². The number of aryl methyl sites for hydroxylation is 1. The molecular formula is C25H19FN6. The number of aromatic nitrogens is 6. The van der Waals surface area contributed by atoms with E-state index in [2.05, 4.69) is 41.8 Å². The van der Waals surface area contributed by atoms with Crippen molar-refractivity contribution in [3.63, 3.8) is 0 Å². The van der Waals surface area contributed by atoms with Gasteiger partial charge in [0, 0.05) is 40.7 Å². The van der Waals surface area contributed by atoms with Gasteiger partial charge in [0.05, 0.1) is 28.8 Å². The topological polar surface area (TPSA) is 75.2 Å². The van der Waals surface area contributed by atoms with E-state index in [1.165, 1.54) is 12.1 Å². The van der Waals surface area contributed by atoms with Gasteiger partial charge >= 0.3 is 0 Å². The molecule has 0 radical (unpaired) electrons. The number of pyridine rings is 1. The van der Waals surface area contributed by atoms with Crippen LogP contribution >= 0.6 is 0 Å². The van der Waals surface area contributed by atoms with Gasteiger partial charge in [0.1, 0.15) is 17.3 Å². The molecule has 4 aromatic heterocycles. The molecular weight excluding hydrogens is 403 g/mol. The van der Waals surface area contributed by atoms with Crippen molar-refractivity contribution in [3.8, 4) is 33.9 Å². The second kappa shape index (κ2) is 6.88. The van der Waals surface area contributed by atoms with Crippen LogP contribution in [0, 0.1) is 12.7 Å². The number of H-pyrrole nitrogens is 2. The summed E-state index contributed by atoms with van der Waals surface area (Å²) in [5.74, 6) is 0.675. The zero-order chi connectivity index (χ0) is 21.8. The molecule has 0 saturated heterocycles. The van der Waals surface area contributed by atoms with E-state index in [9.17, 15) is 4.39 Å². The summed E-state index contributed by atoms with van der Waals surface area (Å²) in [6, 6.07) is 16.7. The summed E-state index contributed by atoms with van der Waals surface area (Å²) in [4.78, 5) is 12.4. The predicted molar refractivity (Wildman–Crippen MR) is 124 cm³/mol. The summed E-state index contributed by atoms with van der Waals surface area (Å²) in [5.41, 5.74) is 7.15. The number of fused-ring (bicyclic) bond motifs is 2. The second-order valence-electron chi connectivity index (χ2n) is 7.90. The van der Waals surface area contributed by atoms with Gasteiger partial charge in [0.2, 0.25) is 0 Å². The Hall–Kier alpha value is -4.26. The Morgan fingerprint density at radius 2 is 1.75 bits per heavy atom. The maximum absolute atomic E-state index is 13.8. The first-order chi connectivity index (χ1) is 15.6. The number of nitrogens with zero attached hydrogens (tertiary/aromatic N) is 4. The Bertz CT molecular complexity index is 1620. The van der Waals surface area contributed by atoms with Crippen molar-refractivity contribution >= 4 is 21.8 Å². The molecule has 7 heteroatoms. The molecule has 2 N–H and O–H groups in total. The fraction of sp³-hybridized carbons (Fsp3) is 0.0800. The molecule has 6 aromatic rings. The molecule has 2 aromatic carbocycles. The van der Waals surface area contributed by atoms with Crippen LogP contribution in [-0.4, -0.2) is 29.7 Å². The molecule has 0 aliphatic rings. The maximum Gasteiger partial charge on any atom is 0.123 e. The van der Waals surface area contributed by atoms with Gasteiger partial charge in [-0.2, -0.15) is 5.10 Å². The molecule has 4 heterocycles. The van der Waals surface area contributed by atoms with Crippen LogP contribution in [-0.2, 0) is 7.05 Å². The first kappa shape index (κ1) is 18.5. The fourth-order valence-electron chi connectivity index (χ4n) is 4.20. The molecule has 32 heavy (non-hydrogen) atoms. The molecule has 6 nitrogen and oxygen atoms in total. The van der Waals surface area contributed by atoms with Crippen LogP contribution in [0.3, 0.4) is 0 Å². The number of hydrogen-bond acceptors (Lipinski definition) is 3. The lowest BCUT2D eigenvalue weighted by atomic mass is 10.1. The number of hydrogen-bond donors (Lipinski definition) is 2. The summed E-state index contributed by atoms with van der Waals surface area (Å²) in [5, 5.41) is 9.63. The number of nitrogens with one attached hydrogen (secondary N) is 2. The zero-order valence-corrected chi connectivity index (χ0v) is 17.5. The Labute approximate surface area is 182 Å². The lowest BCUT2D eigenvalue weighted by molar-refractivity contribution is 0.628. The molecule has 0 bridgehead atoms. The van der Waals surface area contributed by atoms with E-state index < -0.39 is 0 Å². The first-order valence-electron chi connectivity index (χ1n) is 10.3. The molecule has 0 amide bonds. The Morgan fingerprint density at radius 1 is 0.875 bits per heavy atom. The van der Waals surface area contributed by atoms with Gasteiger partial charge in [-0.3, -0.25) is 10.1 Å². The minimum Gasteiger partial charge on any atom is -0.353 e. The van der Waals surface area contributed by atoms with E-state index in [-0.39, 0.29) is 5.82 Å². The third kappa shape index (κ3) is 2.82. The monoisotopic (exact) mass is 422 g/mol. The van der Waals surface area contributed by atoms with Crippen molar-refractivity contribution in [2.45, 2.75) is 6.92 Å². The lowest BCUT2D eigenvalue weighted by Gasteiger charge is -2.04. The second-order valence-corrected chi connectivity index (χ2v) is 7.90. The number of imidazole rings is 1. The highest BCUT2D eigenvalue weighted by Gasteiger charge is 2.16. The minimum atomic E-state index is -0.284. The minimum absolute atomic E-state index is 0.284. The summed E-state index contributed by atoms with van der Waals surface area (Å²) in [6.07, 6.45) is 3.62. The number of benzene rings is 2. The summed E-state index contributed by atoms with van der Waals surface area (Å²) >= 11 is 0. The standard InChI is InChI=1S/C25H19FN6/c1-14-28-13-23(32(14)2)15-6-7-21-18(11-15)25(31-30-21)22-12-19-20(29-22)8-9-27-24(19)16-4-3-5-17(26)10-16/h3-13,29H,1-2H3,(H,30,31). The molecule has 0 fully saturated rings. The van der Waals surface area contributed by atoms with E-state index in [1.54, 1.807) is 12.3 Å². The van der Waals surface area contributed by atoms with E-state index in [4.69, 9.17) is 0 Å². The van der Waals surface area contributed by atoms with Crippen LogP contribution in [0.1, 0.15) is 5.82 Å². The first-order valence-corrected chi connectivity index (χ1v) is 10.3. The SMILES string of the molecule is Cc1ncc(-c2ccc3[nH]nc(-c4cc5c(-c6cccc(F)c6)nccc5[nH]4)c3c2)n1C. The number of halogens is 1. The van der Waals surface area contributed by atoms with Crippen molar-refractivity contribution in [2.24, 2.45) is 7.05 Å². The van der Waals surface area contributed by atoms with Gasteiger partial charge in [-0.15, -0.1) is 0 Å². The van der Waals surface area contributed by atoms with Gasteiger partial charge in [0.25, 0.3) is 0 Å². The summed E-state index contributed by atoms with van der Waals surface area (Å²) < 4.78 is 15.9. The largest absolute Gasteiger partial charge is 0.353 e. The highest BCUT2D eigenvalue weighted by Crippen LogP contribution is 2.34. The van der Waals surface area contributed by atoms with Gasteiger partial charge in [0.15, 0.2) is 0 Å². The number of aromatic amines is 2. The highest BCUT2D eigenvalue weighted by molar-refractivity contribution is 6.00. The van der Waals surface area contributed by atoms with Crippen LogP contribution in [0.4, 0.5) is 4.39 Å². The molecule has 0 spiro atoms. The Kier molecular flexibility index (Phi) is 3.98. The van der Waals surface area contributed by atoms with Gasteiger partial charge in [-0.1, -0.05) is 18.2 Å². The highest BCUT2D eigenvalue weighted by atomic mass is 19.1. The molecule has 156 valence electrons. The molecule has 0 aliphatic carbocycles. The van der Waals surface area contributed by atoms with Crippen molar-refractivity contribution in [2.75, 3.05) is 0 Å². The Morgan fingerprint density at radius 3 is 2.56 bits per heavy atom. The van der Waals surface area contributed by atoms with Gasteiger partial charge in [-0.05, 0) is 43.3 Å². The smallest absolute Gasteiger partial charge is 0.123 e. The van der Waals surface area contributed by atoms with Crippen LogP contribution in [0.2, 0.25) is 0 Å². The van der Waals surface area contributed by atoms with Crippen LogP contribution < -0.4 is 0 Å². The van der Waals surface area contributed by atoms with Crippen LogP contribution in [0.5, 0.6) is 0 Å². The molecule has 0 unspecified atom stereocenters. The van der Waals surface area contributed by atoms with Crippen molar-refractivity contribution < 1.29 is 4.39 Å². The quantitative estimate of drug-likeness (QED) is 0.389. The maximum atomic E-state index is 13.8. The van der Waals surface area contributed by atoms with Crippen LogP contribution in [0.25, 0.3) is 55.7 Å². The van der Waals surface area contributed by atoms with E-state index in [0.29, 0.717) is 0 Å². The van der Waals surface area contributed by atoms with E-state index in [1.807, 2.05) is 44.4 Å². The predicted octanol–water partition coefficient (Wildman–Crippen LogP) is 5.62. The fourth-order valence-corrected chi connectivity index (χ4v) is 4.20. The molecule has 0 saturated carbocycles. The van der Waals surface area contributed by atoms with Crippen LogP contribution in [0.15, 0.2) is 67.0 Å².